The summed E-state index contributed by atoms with van der Waals surface area (Å²) in [6, 6.07) is 10.0. The maximum Gasteiger partial charge on any atom is 0.150 e. The molecule has 22 heavy (non-hydrogen) atoms. The molecule has 0 fully saturated rings. The van der Waals surface area contributed by atoms with Crippen molar-refractivity contribution in [1.29, 1.82) is 0 Å². The minimum atomic E-state index is 0.443. The smallest absolute Gasteiger partial charge is 0.150 e. The molecule has 0 aliphatic heterocycles. The average Bonchev–Trinajstić information content (AvgIpc) is 3.13. The number of aryl methyl sites for hydroxylation is 1. The molecule has 0 aliphatic rings. The normalized spacial score (nSPS) is 11.2. The molecule has 0 spiro atoms. The molecular weight excluding hydrogens is 298 g/mol. The van der Waals surface area contributed by atoms with E-state index in [4.69, 9.17) is 11.6 Å². The van der Waals surface area contributed by atoms with Crippen LogP contribution in [0.3, 0.4) is 0 Å². The highest BCUT2D eigenvalue weighted by molar-refractivity contribution is 6.35. The molecular formula is C16H12ClN5. The molecule has 0 atom stereocenters. The van der Waals surface area contributed by atoms with Gasteiger partial charge in [-0.3, -0.25) is 4.68 Å². The minimum Gasteiger partial charge on any atom is -0.301 e. The van der Waals surface area contributed by atoms with Gasteiger partial charge in [-0.1, -0.05) is 29.8 Å². The van der Waals surface area contributed by atoms with Crippen LogP contribution in [0, 0.1) is 0 Å². The molecule has 0 aliphatic carbocycles. The van der Waals surface area contributed by atoms with Crippen molar-refractivity contribution in [2.24, 2.45) is 7.05 Å². The summed E-state index contributed by atoms with van der Waals surface area (Å²) in [5.41, 5.74) is 3.76. The van der Waals surface area contributed by atoms with Crippen LogP contribution in [0.1, 0.15) is 0 Å². The second-order valence-electron chi connectivity index (χ2n) is 5.01. The predicted octanol–water partition coefficient (Wildman–Crippen LogP) is 3.47. The highest BCUT2D eigenvalue weighted by Crippen LogP contribution is 2.34. The van der Waals surface area contributed by atoms with Gasteiger partial charge in [0.25, 0.3) is 0 Å². The first-order valence-corrected chi connectivity index (χ1v) is 7.18. The third kappa shape index (κ3) is 1.98. The Bertz CT molecular complexity index is 955. The Morgan fingerprint density at radius 1 is 1.05 bits per heavy atom. The van der Waals surface area contributed by atoms with Gasteiger partial charge in [0.05, 0.1) is 11.6 Å². The number of para-hydroxylation sites is 1. The van der Waals surface area contributed by atoms with Crippen molar-refractivity contribution >= 4 is 22.6 Å². The SMILES string of the molecule is Cn1cc(-c2cn(-c3ccccc3)c3ncnc(Cl)c23)cn1. The van der Waals surface area contributed by atoms with Crippen LogP contribution in [0.5, 0.6) is 0 Å². The van der Waals surface area contributed by atoms with Gasteiger partial charge in [-0.2, -0.15) is 5.10 Å². The third-order valence-electron chi connectivity index (χ3n) is 3.59. The van der Waals surface area contributed by atoms with E-state index < -0.39 is 0 Å². The van der Waals surface area contributed by atoms with Gasteiger partial charge in [0.2, 0.25) is 0 Å². The van der Waals surface area contributed by atoms with Crippen molar-refractivity contribution in [3.8, 4) is 16.8 Å². The Hall–Kier alpha value is -2.66. The monoisotopic (exact) mass is 309 g/mol. The summed E-state index contributed by atoms with van der Waals surface area (Å²) in [6.07, 6.45) is 7.27. The van der Waals surface area contributed by atoms with Crippen LogP contribution < -0.4 is 0 Å². The number of hydrogen-bond acceptors (Lipinski definition) is 3. The van der Waals surface area contributed by atoms with Crippen molar-refractivity contribution in [3.63, 3.8) is 0 Å². The van der Waals surface area contributed by atoms with Gasteiger partial charge in [0, 0.05) is 36.3 Å². The molecule has 6 heteroatoms. The number of rotatable bonds is 2. The summed E-state index contributed by atoms with van der Waals surface area (Å²) < 4.78 is 3.78. The van der Waals surface area contributed by atoms with E-state index in [0.717, 1.165) is 27.8 Å². The van der Waals surface area contributed by atoms with Crippen LogP contribution in [0.4, 0.5) is 0 Å². The number of nitrogens with zero attached hydrogens (tertiary/aromatic N) is 5. The number of benzene rings is 1. The second kappa shape index (κ2) is 4.96. The molecule has 0 bridgehead atoms. The molecule has 0 amide bonds. The molecule has 3 heterocycles. The third-order valence-corrected chi connectivity index (χ3v) is 3.87. The standard InChI is InChI=1S/C16H12ClN5/c1-21-8-11(7-20-21)13-9-22(12-5-3-2-4-6-12)16-14(13)15(17)18-10-19-16/h2-10H,1H3. The van der Waals surface area contributed by atoms with Gasteiger partial charge >= 0.3 is 0 Å². The molecule has 0 saturated heterocycles. The molecule has 0 saturated carbocycles. The maximum atomic E-state index is 6.33. The van der Waals surface area contributed by atoms with E-state index in [1.54, 1.807) is 4.68 Å². The zero-order chi connectivity index (χ0) is 15.1. The quantitative estimate of drug-likeness (QED) is 0.533. The molecule has 0 unspecified atom stereocenters. The van der Waals surface area contributed by atoms with Gasteiger partial charge < -0.3 is 4.57 Å². The summed E-state index contributed by atoms with van der Waals surface area (Å²) in [6.45, 7) is 0. The molecule has 0 N–H and O–H groups in total. The summed E-state index contributed by atoms with van der Waals surface area (Å²) in [7, 11) is 1.89. The zero-order valence-corrected chi connectivity index (χ0v) is 12.6. The number of hydrogen-bond donors (Lipinski definition) is 0. The van der Waals surface area contributed by atoms with Gasteiger partial charge in [-0.25, -0.2) is 9.97 Å². The van der Waals surface area contributed by atoms with Gasteiger partial charge in [0.15, 0.2) is 0 Å². The first-order chi connectivity index (χ1) is 10.7. The van der Waals surface area contributed by atoms with Gasteiger partial charge in [-0.05, 0) is 12.1 Å². The van der Waals surface area contributed by atoms with E-state index in [0.29, 0.717) is 5.15 Å². The van der Waals surface area contributed by atoms with Crippen molar-refractivity contribution in [2.75, 3.05) is 0 Å². The van der Waals surface area contributed by atoms with E-state index >= 15 is 0 Å². The van der Waals surface area contributed by atoms with E-state index in [1.165, 1.54) is 6.33 Å². The summed E-state index contributed by atoms with van der Waals surface area (Å²) in [5.74, 6) is 0. The topological polar surface area (TPSA) is 48.5 Å². The number of halogens is 1. The van der Waals surface area contributed by atoms with Crippen molar-refractivity contribution in [1.82, 2.24) is 24.3 Å². The first-order valence-electron chi connectivity index (χ1n) is 6.80. The summed E-state index contributed by atoms with van der Waals surface area (Å²) >= 11 is 6.33. The van der Waals surface area contributed by atoms with E-state index in [-0.39, 0.29) is 0 Å². The molecule has 4 aromatic rings. The van der Waals surface area contributed by atoms with Gasteiger partial charge in [0.1, 0.15) is 17.1 Å². The molecule has 108 valence electrons. The fourth-order valence-corrected chi connectivity index (χ4v) is 2.82. The Morgan fingerprint density at radius 3 is 2.59 bits per heavy atom. The fourth-order valence-electron chi connectivity index (χ4n) is 2.59. The molecule has 0 radical (unpaired) electrons. The molecule has 5 nitrogen and oxygen atoms in total. The van der Waals surface area contributed by atoms with Crippen molar-refractivity contribution in [2.45, 2.75) is 0 Å². The van der Waals surface area contributed by atoms with Crippen LogP contribution in [-0.4, -0.2) is 24.3 Å². The molecule has 3 aromatic heterocycles. The lowest BCUT2D eigenvalue weighted by molar-refractivity contribution is 0.768. The Kier molecular flexibility index (Phi) is 2.94. The van der Waals surface area contributed by atoms with E-state index in [9.17, 15) is 0 Å². The summed E-state index contributed by atoms with van der Waals surface area (Å²) in [4.78, 5) is 8.53. The minimum absolute atomic E-state index is 0.443. The van der Waals surface area contributed by atoms with Crippen LogP contribution in [0.25, 0.3) is 27.8 Å². The van der Waals surface area contributed by atoms with Crippen LogP contribution >= 0.6 is 11.6 Å². The largest absolute Gasteiger partial charge is 0.301 e. The van der Waals surface area contributed by atoms with Crippen LogP contribution in [0.15, 0.2) is 55.2 Å². The number of fused-ring (bicyclic) bond motifs is 1. The van der Waals surface area contributed by atoms with E-state index in [1.807, 2.05) is 60.5 Å². The lowest BCUT2D eigenvalue weighted by Gasteiger charge is -2.03. The lowest BCUT2D eigenvalue weighted by Crippen LogP contribution is -1.93. The Balaban J connectivity index is 2.06. The van der Waals surface area contributed by atoms with Crippen molar-refractivity contribution < 1.29 is 0 Å². The van der Waals surface area contributed by atoms with Gasteiger partial charge in [-0.15, -0.1) is 0 Å². The predicted molar refractivity (Wildman–Crippen MR) is 86.1 cm³/mol. The Morgan fingerprint density at radius 2 is 1.86 bits per heavy atom. The lowest BCUT2D eigenvalue weighted by atomic mass is 10.1. The molecule has 1 aromatic carbocycles. The second-order valence-corrected chi connectivity index (χ2v) is 5.37. The number of aromatic nitrogens is 5. The highest BCUT2D eigenvalue weighted by atomic mass is 35.5. The highest BCUT2D eigenvalue weighted by Gasteiger charge is 2.17. The zero-order valence-electron chi connectivity index (χ0n) is 11.8. The maximum absolute atomic E-state index is 6.33. The van der Waals surface area contributed by atoms with Crippen molar-refractivity contribution in [3.05, 3.63) is 60.4 Å². The fraction of sp³-hybridized carbons (Fsp3) is 0.0625. The average molecular weight is 310 g/mol. The molecule has 4 rings (SSSR count). The first kappa shape index (κ1) is 13.0. The Labute approximate surface area is 131 Å². The summed E-state index contributed by atoms with van der Waals surface area (Å²) in [5, 5.41) is 5.51. The van der Waals surface area contributed by atoms with E-state index in [2.05, 4.69) is 15.1 Å². The van der Waals surface area contributed by atoms with Crippen LogP contribution in [0.2, 0.25) is 5.15 Å². The van der Waals surface area contributed by atoms with Crippen LogP contribution in [-0.2, 0) is 7.05 Å².